The van der Waals surface area contributed by atoms with E-state index in [1.165, 1.54) is 10.7 Å². The number of aryl methyl sites for hydroxylation is 2. The summed E-state index contributed by atoms with van der Waals surface area (Å²) in [6, 6.07) is 4.53. The molecular weight excluding hydrogens is 225 g/mol. The molecule has 0 saturated carbocycles. The molecule has 0 aliphatic rings. The zero-order valence-electron chi connectivity index (χ0n) is 9.31. The normalized spacial score (nSPS) is 10.5. The molecule has 1 N–H and O–H groups in total. The molecule has 0 amide bonds. The Balaban J connectivity index is 2.60. The lowest BCUT2D eigenvalue weighted by atomic mass is 10.2. The average molecular weight is 235 g/mol. The smallest absolute Gasteiger partial charge is 0.375 e. The molecule has 0 radical (unpaired) electrons. The van der Waals surface area contributed by atoms with Crippen LogP contribution in [-0.2, 0) is 0 Å². The van der Waals surface area contributed by atoms with E-state index in [4.69, 9.17) is 5.11 Å². The average Bonchev–Trinajstić information content (AvgIpc) is 2.64. The summed E-state index contributed by atoms with van der Waals surface area (Å²) >= 11 is 0. The molecule has 1 aromatic heterocycles. The molecule has 88 valence electrons. The highest BCUT2D eigenvalue weighted by atomic mass is 19.1. The van der Waals surface area contributed by atoms with E-state index in [1.807, 2.05) is 6.92 Å². The van der Waals surface area contributed by atoms with E-state index in [2.05, 4.69) is 10.1 Å². The maximum absolute atomic E-state index is 13.6. The highest BCUT2D eigenvalue weighted by molar-refractivity contribution is 5.83. The predicted molar refractivity (Wildman–Crippen MR) is 57.8 cm³/mol. The van der Waals surface area contributed by atoms with Crippen LogP contribution in [0.25, 0.3) is 5.69 Å². The van der Waals surface area contributed by atoms with Crippen LogP contribution in [0.2, 0.25) is 0 Å². The zero-order chi connectivity index (χ0) is 12.6. The van der Waals surface area contributed by atoms with E-state index in [-0.39, 0.29) is 11.5 Å². The summed E-state index contributed by atoms with van der Waals surface area (Å²) in [4.78, 5) is 14.5. The van der Waals surface area contributed by atoms with E-state index >= 15 is 0 Å². The van der Waals surface area contributed by atoms with E-state index in [9.17, 15) is 9.18 Å². The van der Waals surface area contributed by atoms with Gasteiger partial charge in [-0.1, -0.05) is 6.07 Å². The molecule has 0 aliphatic heterocycles. The fourth-order valence-electron chi connectivity index (χ4n) is 1.49. The predicted octanol–water partition coefficient (Wildman–Crippen LogP) is 1.72. The maximum Gasteiger partial charge on any atom is 0.375 e. The van der Waals surface area contributed by atoms with Crippen molar-refractivity contribution in [1.82, 2.24) is 14.8 Å². The van der Waals surface area contributed by atoms with E-state index in [0.717, 1.165) is 5.56 Å². The van der Waals surface area contributed by atoms with Crippen molar-refractivity contribution in [1.29, 1.82) is 0 Å². The second-order valence-corrected chi connectivity index (χ2v) is 3.65. The highest BCUT2D eigenvalue weighted by Crippen LogP contribution is 2.16. The molecule has 0 saturated heterocycles. The van der Waals surface area contributed by atoms with Gasteiger partial charge in [0.15, 0.2) is 0 Å². The summed E-state index contributed by atoms with van der Waals surface area (Å²) in [6.07, 6.45) is 0. The Hall–Kier alpha value is -2.24. The van der Waals surface area contributed by atoms with Crippen LogP contribution in [0.5, 0.6) is 0 Å². The fraction of sp³-hybridized carbons (Fsp3) is 0.182. The van der Waals surface area contributed by atoms with Gasteiger partial charge in [0.2, 0.25) is 0 Å². The molecule has 0 aliphatic carbocycles. The first-order valence-corrected chi connectivity index (χ1v) is 4.92. The minimum atomic E-state index is -1.24. The van der Waals surface area contributed by atoms with Crippen LogP contribution in [-0.4, -0.2) is 25.8 Å². The van der Waals surface area contributed by atoms with Crippen LogP contribution in [0, 0.1) is 19.7 Å². The molecule has 0 bridgehead atoms. The van der Waals surface area contributed by atoms with Crippen LogP contribution in [0.4, 0.5) is 4.39 Å². The topological polar surface area (TPSA) is 68.0 Å². The Morgan fingerprint density at radius 1 is 1.41 bits per heavy atom. The molecule has 0 atom stereocenters. The number of benzene rings is 1. The van der Waals surface area contributed by atoms with Crippen LogP contribution < -0.4 is 0 Å². The summed E-state index contributed by atoms with van der Waals surface area (Å²) in [5.74, 6) is -1.73. The van der Waals surface area contributed by atoms with Crippen LogP contribution in [0.1, 0.15) is 22.0 Å². The van der Waals surface area contributed by atoms with Gasteiger partial charge in [0.1, 0.15) is 17.3 Å². The highest BCUT2D eigenvalue weighted by Gasteiger charge is 2.15. The van der Waals surface area contributed by atoms with Gasteiger partial charge in [0, 0.05) is 0 Å². The van der Waals surface area contributed by atoms with Gasteiger partial charge in [-0.05, 0) is 31.5 Å². The van der Waals surface area contributed by atoms with E-state index in [1.54, 1.807) is 19.1 Å². The molecule has 0 spiro atoms. The molecule has 6 heteroatoms. The van der Waals surface area contributed by atoms with Gasteiger partial charge in [0.05, 0.1) is 0 Å². The summed E-state index contributed by atoms with van der Waals surface area (Å²) in [5, 5.41) is 12.5. The lowest BCUT2D eigenvalue weighted by Gasteiger charge is -2.05. The van der Waals surface area contributed by atoms with Crippen molar-refractivity contribution in [3.63, 3.8) is 0 Å². The Morgan fingerprint density at radius 3 is 2.71 bits per heavy atom. The van der Waals surface area contributed by atoms with Gasteiger partial charge in [-0.25, -0.2) is 18.9 Å². The minimum absolute atomic E-state index is 0.197. The third-order valence-corrected chi connectivity index (χ3v) is 2.29. The van der Waals surface area contributed by atoms with Crippen molar-refractivity contribution >= 4 is 5.97 Å². The molecule has 0 unspecified atom stereocenters. The van der Waals surface area contributed by atoms with Gasteiger partial charge in [0.25, 0.3) is 5.82 Å². The van der Waals surface area contributed by atoms with Crippen LogP contribution in [0.3, 0.4) is 0 Å². The van der Waals surface area contributed by atoms with E-state index < -0.39 is 11.8 Å². The first kappa shape index (κ1) is 11.3. The number of hydrogen-bond donors (Lipinski definition) is 1. The first-order valence-electron chi connectivity index (χ1n) is 4.92. The fourth-order valence-corrected chi connectivity index (χ4v) is 1.49. The van der Waals surface area contributed by atoms with Crippen molar-refractivity contribution in [2.45, 2.75) is 13.8 Å². The second kappa shape index (κ2) is 3.97. The third-order valence-electron chi connectivity index (χ3n) is 2.29. The number of aromatic nitrogens is 3. The molecule has 5 nitrogen and oxygen atoms in total. The largest absolute Gasteiger partial charge is 0.475 e. The number of carbonyl (C=O) groups is 1. The van der Waals surface area contributed by atoms with Gasteiger partial charge in [-0.15, -0.1) is 5.10 Å². The van der Waals surface area contributed by atoms with Crippen molar-refractivity contribution < 1.29 is 14.3 Å². The summed E-state index contributed by atoms with van der Waals surface area (Å²) in [5.41, 5.74) is 1.05. The van der Waals surface area contributed by atoms with Gasteiger partial charge in [-0.2, -0.15) is 0 Å². The van der Waals surface area contributed by atoms with Gasteiger partial charge >= 0.3 is 5.97 Å². The van der Waals surface area contributed by atoms with E-state index in [0.29, 0.717) is 5.82 Å². The van der Waals surface area contributed by atoms with Crippen molar-refractivity contribution in [2.75, 3.05) is 0 Å². The van der Waals surface area contributed by atoms with Gasteiger partial charge in [-0.3, -0.25) is 0 Å². The van der Waals surface area contributed by atoms with Crippen molar-refractivity contribution in [3.8, 4) is 5.69 Å². The Kier molecular flexibility index (Phi) is 2.63. The molecule has 2 rings (SSSR count). The summed E-state index contributed by atoms with van der Waals surface area (Å²) in [7, 11) is 0. The number of aromatic carboxylic acids is 1. The molecule has 1 aromatic carbocycles. The van der Waals surface area contributed by atoms with Crippen molar-refractivity contribution in [2.24, 2.45) is 0 Å². The number of nitrogens with zero attached hydrogens (tertiary/aromatic N) is 3. The number of carboxylic acid groups (broad SMARTS) is 1. The van der Waals surface area contributed by atoms with Crippen molar-refractivity contribution in [3.05, 3.63) is 41.2 Å². The second-order valence-electron chi connectivity index (χ2n) is 3.65. The van der Waals surface area contributed by atoms with Crippen LogP contribution >= 0.6 is 0 Å². The number of hydrogen-bond acceptors (Lipinski definition) is 3. The molecular formula is C11H10FN3O2. The lowest BCUT2D eigenvalue weighted by Crippen LogP contribution is -2.04. The Labute approximate surface area is 96.5 Å². The van der Waals surface area contributed by atoms with Crippen LogP contribution in [0.15, 0.2) is 18.2 Å². The lowest BCUT2D eigenvalue weighted by molar-refractivity contribution is 0.0683. The SMILES string of the molecule is Cc1ccc(F)c(-n2nc(C(=O)O)nc2C)c1. The first-order chi connectivity index (χ1) is 7.99. The summed E-state index contributed by atoms with van der Waals surface area (Å²) < 4.78 is 14.8. The summed E-state index contributed by atoms with van der Waals surface area (Å²) in [6.45, 7) is 3.38. The standard InChI is InChI=1S/C11H10FN3O2/c1-6-3-4-8(12)9(5-6)15-7(2)13-10(14-15)11(16)17/h3-5H,1-2H3,(H,16,17). The number of rotatable bonds is 2. The minimum Gasteiger partial charge on any atom is -0.475 e. The quantitative estimate of drug-likeness (QED) is 0.860. The number of carboxylic acids is 1. The number of halogens is 1. The van der Waals surface area contributed by atoms with Gasteiger partial charge < -0.3 is 5.11 Å². The molecule has 2 aromatic rings. The monoisotopic (exact) mass is 235 g/mol. The molecule has 0 fully saturated rings. The maximum atomic E-state index is 13.6. The Morgan fingerprint density at radius 2 is 2.12 bits per heavy atom. The molecule has 17 heavy (non-hydrogen) atoms. The molecule has 1 heterocycles. The zero-order valence-corrected chi connectivity index (χ0v) is 9.31. The third kappa shape index (κ3) is 2.01. The Bertz CT molecular complexity index is 592.